The molecule has 260 valence electrons. The molecule has 50 heavy (non-hydrogen) atoms. The van der Waals surface area contributed by atoms with Gasteiger partial charge in [-0.05, 0) is 69.6 Å². The van der Waals surface area contributed by atoms with Gasteiger partial charge in [0.2, 0.25) is 5.91 Å². The predicted molar refractivity (Wildman–Crippen MR) is 198 cm³/mol. The zero-order valence-electron chi connectivity index (χ0n) is 28.8. The van der Waals surface area contributed by atoms with Crippen molar-refractivity contribution in [3.05, 3.63) is 91.8 Å². The molecule has 4 heterocycles. The zero-order valence-corrected chi connectivity index (χ0v) is 30.3. The fraction of sp³-hybridized carbons (Fsp3) is 0.378. The van der Waals surface area contributed by atoms with Gasteiger partial charge >= 0.3 is 5.97 Å². The summed E-state index contributed by atoms with van der Waals surface area (Å²) in [6, 6.07) is 12.8. The lowest BCUT2D eigenvalue weighted by Gasteiger charge is -2.36. The Kier molecular flexibility index (Phi) is 11.0. The van der Waals surface area contributed by atoms with Gasteiger partial charge in [-0.2, -0.15) is 0 Å². The predicted octanol–water partition coefficient (Wildman–Crippen LogP) is 4.61. The van der Waals surface area contributed by atoms with Crippen LogP contribution in [0.25, 0.3) is 5.00 Å². The van der Waals surface area contributed by atoms with Gasteiger partial charge in [0.05, 0.1) is 31.4 Å². The molecular weight excluding hydrogens is 672 g/mol. The number of esters is 1. The maximum atomic E-state index is 13.4. The number of halogens is 1. The highest BCUT2D eigenvalue weighted by Gasteiger charge is 2.32. The first-order chi connectivity index (χ1) is 24.2. The van der Waals surface area contributed by atoms with Crippen LogP contribution in [0.15, 0.2) is 47.5 Å². The number of ether oxygens (including phenoxy) is 1. The first kappa shape index (κ1) is 35.3. The Hall–Kier alpha value is -4.54. The normalized spacial score (nSPS) is 15.7. The smallest absolute Gasteiger partial charge is 0.339 e. The number of rotatable bonds is 9. The molecule has 2 aliphatic heterocycles. The summed E-state index contributed by atoms with van der Waals surface area (Å²) >= 11 is 7.92. The Balaban J connectivity index is 1.06. The average molecular weight is 713 g/mol. The maximum Gasteiger partial charge on any atom is 0.339 e. The van der Waals surface area contributed by atoms with Crippen LogP contribution in [-0.4, -0.2) is 90.2 Å². The number of fused-ring (bicyclic) bond motifs is 3. The molecule has 1 fully saturated rings. The molecule has 1 saturated heterocycles. The molecule has 0 unspecified atom stereocenters. The van der Waals surface area contributed by atoms with E-state index >= 15 is 0 Å². The summed E-state index contributed by atoms with van der Waals surface area (Å²) in [6.07, 6.45) is 0.987. The molecule has 0 radical (unpaired) electrons. The Morgan fingerprint density at radius 1 is 1.08 bits per heavy atom. The number of aromatic nitrogens is 3. The summed E-state index contributed by atoms with van der Waals surface area (Å²) in [5, 5.41) is 13.7. The maximum absolute atomic E-state index is 13.4. The number of nitrogens with zero attached hydrogens (tertiary/aromatic N) is 6. The summed E-state index contributed by atoms with van der Waals surface area (Å²) in [7, 11) is 1.36. The molecule has 2 aliphatic rings. The number of anilines is 1. The molecule has 2 aromatic heterocycles. The third kappa shape index (κ3) is 7.46. The van der Waals surface area contributed by atoms with Crippen molar-refractivity contribution in [2.45, 2.75) is 39.7 Å². The minimum Gasteiger partial charge on any atom is -0.465 e. The summed E-state index contributed by atoms with van der Waals surface area (Å²) in [6.45, 7) is 11.3. The van der Waals surface area contributed by atoms with Crippen LogP contribution in [0.4, 0.5) is 5.69 Å². The fourth-order valence-corrected chi connectivity index (χ4v) is 7.75. The van der Waals surface area contributed by atoms with Gasteiger partial charge in [-0.1, -0.05) is 35.6 Å². The van der Waals surface area contributed by atoms with E-state index in [2.05, 4.69) is 55.6 Å². The van der Waals surface area contributed by atoms with E-state index in [1.54, 1.807) is 17.4 Å². The molecule has 0 bridgehead atoms. The Morgan fingerprint density at radius 3 is 2.56 bits per heavy atom. The first-order valence-corrected chi connectivity index (χ1v) is 17.9. The largest absolute Gasteiger partial charge is 0.465 e. The van der Waals surface area contributed by atoms with Crippen LogP contribution in [0.5, 0.6) is 0 Å². The van der Waals surface area contributed by atoms with Gasteiger partial charge in [0.1, 0.15) is 16.9 Å². The molecule has 0 spiro atoms. The lowest BCUT2D eigenvalue weighted by atomic mass is 9.99. The average Bonchev–Trinajstić information content (AvgIpc) is 3.60. The van der Waals surface area contributed by atoms with Gasteiger partial charge in [-0.25, -0.2) is 4.79 Å². The van der Waals surface area contributed by atoms with Gasteiger partial charge in [0, 0.05) is 65.0 Å². The molecule has 2 aromatic carbocycles. The van der Waals surface area contributed by atoms with Crippen LogP contribution >= 0.6 is 22.9 Å². The Bertz CT molecular complexity index is 1980. The van der Waals surface area contributed by atoms with Gasteiger partial charge in [-0.15, -0.1) is 21.5 Å². The highest BCUT2D eigenvalue weighted by molar-refractivity contribution is 7.15. The summed E-state index contributed by atoms with van der Waals surface area (Å²) in [5.41, 5.74) is 11.6. The van der Waals surface area contributed by atoms with Crippen LogP contribution < -0.4 is 16.0 Å². The first-order valence-electron chi connectivity index (χ1n) is 16.7. The molecular formula is C37H41ClN8O3S. The molecule has 11 nitrogen and oxygen atoms in total. The number of hydrogen-bond donors (Lipinski definition) is 2. The second-order valence-corrected chi connectivity index (χ2v) is 14.0. The van der Waals surface area contributed by atoms with E-state index in [0.717, 1.165) is 78.1 Å². The van der Waals surface area contributed by atoms with Crippen molar-refractivity contribution in [1.29, 1.82) is 0 Å². The Morgan fingerprint density at radius 2 is 1.84 bits per heavy atom. The minimum absolute atomic E-state index is 0.0756. The SMILES string of the molecule is COC(=O)c1ccc(N2CCN(CCCNC(=O)C[C@@H]3N=C(c4ccc(Cl)cc4)c4c(sc(C)c4C)-n4c(C)nnc43)CC2)cc1C#CCN. The molecule has 4 aromatic rings. The van der Waals surface area contributed by atoms with Crippen molar-refractivity contribution in [3.63, 3.8) is 0 Å². The van der Waals surface area contributed by atoms with Gasteiger partial charge in [-0.3, -0.25) is 19.3 Å². The van der Waals surface area contributed by atoms with Crippen LogP contribution in [-0.2, 0) is 9.53 Å². The number of nitrogens with one attached hydrogen (secondary N) is 1. The fourth-order valence-electron chi connectivity index (χ4n) is 6.41. The van der Waals surface area contributed by atoms with Crippen molar-refractivity contribution in [1.82, 2.24) is 25.0 Å². The number of carbonyl (C=O) groups is 2. The van der Waals surface area contributed by atoms with Crippen LogP contribution in [0.1, 0.15) is 68.0 Å². The number of amides is 1. The quantitative estimate of drug-likeness (QED) is 0.146. The number of methoxy groups -OCH3 is 1. The van der Waals surface area contributed by atoms with Crippen LogP contribution in [0.2, 0.25) is 5.02 Å². The molecule has 3 N–H and O–H groups in total. The summed E-state index contributed by atoms with van der Waals surface area (Å²) in [5.74, 6) is 6.79. The van der Waals surface area contributed by atoms with Gasteiger partial charge < -0.3 is 20.7 Å². The molecule has 1 amide bonds. The van der Waals surface area contributed by atoms with E-state index in [1.807, 2.05) is 43.3 Å². The monoisotopic (exact) mass is 712 g/mol. The van der Waals surface area contributed by atoms with Crippen molar-refractivity contribution in [2.24, 2.45) is 10.7 Å². The summed E-state index contributed by atoms with van der Waals surface area (Å²) < 4.78 is 6.98. The van der Waals surface area contributed by atoms with E-state index in [4.69, 9.17) is 27.1 Å². The van der Waals surface area contributed by atoms with Crippen LogP contribution in [0.3, 0.4) is 0 Å². The number of hydrogen-bond acceptors (Lipinski definition) is 10. The number of nitrogens with two attached hydrogens (primary N) is 1. The lowest BCUT2D eigenvalue weighted by Crippen LogP contribution is -2.47. The number of aryl methyl sites for hydroxylation is 2. The molecule has 1 atom stereocenters. The molecule has 6 rings (SSSR count). The van der Waals surface area contributed by atoms with Crippen molar-refractivity contribution in [3.8, 4) is 16.8 Å². The number of piperazine rings is 1. The minimum atomic E-state index is -0.502. The highest BCUT2D eigenvalue weighted by atomic mass is 35.5. The molecule has 0 aliphatic carbocycles. The van der Waals surface area contributed by atoms with E-state index in [1.165, 1.54) is 12.0 Å². The number of benzene rings is 2. The number of aliphatic imine (C=N–C) groups is 1. The number of thiophene rings is 1. The van der Waals surface area contributed by atoms with E-state index in [-0.39, 0.29) is 18.9 Å². The van der Waals surface area contributed by atoms with Crippen LogP contribution in [0, 0.1) is 32.6 Å². The Labute approximate surface area is 301 Å². The van der Waals surface area contributed by atoms with Crippen molar-refractivity contribution >= 4 is 46.2 Å². The zero-order chi connectivity index (χ0) is 35.4. The third-order valence-electron chi connectivity index (χ3n) is 9.18. The van der Waals surface area contributed by atoms with Crippen molar-refractivity contribution < 1.29 is 14.3 Å². The molecule has 0 saturated carbocycles. The standard InChI is InChI=1S/C37H41ClN8O3S/c1-23-24(2)50-36-33(23)34(26-8-10-28(38)11-9-26)41-31(35-43-42-25(3)46(35)36)22-32(47)40-15-6-16-44-17-19-45(20-18-44)29-12-13-30(37(48)49-4)27(21-29)7-5-14-39/h8-13,21,31H,6,14-20,22,39H2,1-4H3,(H,40,47)/t31-/m0/s1. The lowest BCUT2D eigenvalue weighted by molar-refractivity contribution is -0.121. The second-order valence-electron chi connectivity index (χ2n) is 12.4. The number of carbonyl (C=O) groups excluding carboxylic acids is 2. The van der Waals surface area contributed by atoms with Gasteiger partial charge in [0.15, 0.2) is 5.82 Å². The third-order valence-corrected chi connectivity index (χ3v) is 10.6. The van der Waals surface area contributed by atoms with Gasteiger partial charge in [0.25, 0.3) is 0 Å². The summed E-state index contributed by atoms with van der Waals surface area (Å²) in [4.78, 5) is 36.7. The van der Waals surface area contributed by atoms with E-state index in [9.17, 15) is 9.59 Å². The highest BCUT2D eigenvalue weighted by Crippen LogP contribution is 2.39. The van der Waals surface area contributed by atoms with Crippen molar-refractivity contribution in [2.75, 3.05) is 57.8 Å². The topological polar surface area (TPSA) is 131 Å². The van der Waals surface area contributed by atoms with E-state index < -0.39 is 12.0 Å². The molecule has 13 heteroatoms. The second kappa shape index (κ2) is 15.6. The van der Waals surface area contributed by atoms with E-state index in [0.29, 0.717) is 28.5 Å².